The molecule has 32 heavy (non-hydrogen) atoms. The minimum atomic E-state index is -3.47. The molecule has 0 unspecified atom stereocenters. The van der Waals surface area contributed by atoms with E-state index in [0.717, 1.165) is 6.26 Å². The molecule has 1 aromatic rings. The summed E-state index contributed by atoms with van der Waals surface area (Å²) in [7, 11) is -3.47. The van der Waals surface area contributed by atoms with Gasteiger partial charge in [-0.25, -0.2) is 13.1 Å². The Kier molecular flexibility index (Phi) is 7.75. The van der Waals surface area contributed by atoms with Gasteiger partial charge in [-0.2, -0.15) is 0 Å². The zero-order chi connectivity index (χ0) is 23.4. The van der Waals surface area contributed by atoms with Crippen molar-refractivity contribution >= 4 is 21.8 Å². The minimum absolute atomic E-state index is 0.159. The molecule has 4 N–H and O–H groups in total. The Morgan fingerprint density at radius 2 is 1.94 bits per heavy atom. The molecule has 1 spiro atoms. The number of ether oxygens (including phenoxy) is 1. The number of carbonyl (C=O) groups excluding carboxylic acids is 2. The van der Waals surface area contributed by atoms with Gasteiger partial charge in [0.25, 0.3) is 5.91 Å². The van der Waals surface area contributed by atoms with Gasteiger partial charge in [0.15, 0.2) is 6.61 Å². The summed E-state index contributed by atoms with van der Waals surface area (Å²) in [6, 6.07) is 7.10. The van der Waals surface area contributed by atoms with Crippen molar-refractivity contribution in [3.63, 3.8) is 0 Å². The monoisotopic (exact) mass is 469 g/mol. The van der Waals surface area contributed by atoms with E-state index in [9.17, 15) is 28.2 Å². The van der Waals surface area contributed by atoms with Crippen molar-refractivity contribution in [2.45, 2.75) is 37.9 Å². The third kappa shape index (κ3) is 6.64. The molecule has 1 fully saturated rings. The van der Waals surface area contributed by atoms with Crippen molar-refractivity contribution in [2.24, 2.45) is 5.41 Å². The number of amides is 2. The first-order valence-corrected chi connectivity index (χ1v) is 12.5. The molecule has 2 aliphatic rings. The van der Waals surface area contributed by atoms with Gasteiger partial charge in [-0.1, -0.05) is 18.2 Å². The highest BCUT2D eigenvalue weighted by molar-refractivity contribution is 7.88. The maximum Gasteiger partial charge on any atom is 0.257 e. The van der Waals surface area contributed by atoms with Gasteiger partial charge in [0, 0.05) is 26.1 Å². The Hall–Kier alpha value is -2.21. The van der Waals surface area contributed by atoms with E-state index in [4.69, 9.17) is 4.74 Å². The minimum Gasteiger partial charge on any atom is -0.483 e. The summed E-state index contributed by atoms with van der Waals surface area (Å²) in [4.78, 5) is 26.3. The quantitative estimate of drug-likeness (QED) is 0.445. The van der Waals surface area contributed by atoms with Crippen LogP contribution in [0.4, 0.5) is 0 Å². The Bertz CT molecular complexity index is 929. The maximum atomic E-state index is 12.4. The van der Waals surface area contributed by atoms with Crippen LogP contribution >= 0.6 is 0 Å². The second kappa shape index (κ2) is 10.2. The SMILES string of the molecule is CS(=O)(=O)NCC(=O)N1CCC2(CC1)CNC(=O)COc1ccccc1C[C@H](O)[C@H](O)C2. The van der Waals surface area contributed by atoms with Crippen LogP contribution in [0, 0.1) is 5.41 Å². The van der Waals surface area contributed by atoms with E-state index in [1.807, 2.05) is 0 Å². The number of fused-ring (bicyclic) bond motifs is 1. The lowest BCUT2D eigenvalue weighted by molar-refractivity contribution is -0.133. The molecule has 2 amide bonds. The first kappa shape index (κ1) is 24.4. The standard InChI is InChI=1S/C21H31N3O7S/c1-32(29,30)23-12-20(28)24-8-6-21(7-9-24)11-17(26)16(25)10-15-4-2-3-5-18(15)31-13-19(27)22-14-21/h2-5,16-17,23,25-26H,6-14H2,1H3,(H,22,27)/t16-,17+/m0/s1. The van der Waals surface area contributed by atoms with Crippen molar-refractivity contribution < 1.29 is 33.0 Å². The smallest absolute Gasteiger partial charge is 0.257 e. The topological polar surface area (TPSA) is 145 Å². The van der Waals surface area contributed by atoms with Crippen molar-refractivity contribution in [3.8, 4) is 5.75 Å². The van der Waals surface area contributed by atoms with Crippen LogP contribution < -0.4 is 14.8 Å². The highest BCUT2D eigenvalue weighted by Gasteiger charge is 2.39. The number of likely N-dealkylation sites (tertiary alicyclic amines) is 1. The van der Waals surface area contributed by atoms with E-state index in [1.54, 1.807) is 29.2 Å². The molecule has 0 bridgehead atoms. The van der Waals surface area contributed by atoms with Gasteiger partial charge >= 0.3 is 0 Å². The molecule has 178 valence electrons. The van der Waals surface area contributed by atoms with Gasteiger partial charge in [-0.15, -0.1) is 0 Å². The molecule has 2 atom stereocenters. The van der Waals surface area contributed by atoms with Gasteiger partial charge in [-0.3, -0.25) is 9.59 Å². The fourth-order valence-corrected chi connectivity index (χ4v) is 4.61. The lowest BCUT2D eigenvalue weighted by Crippen LogP contribution is -2.52. The van der Waals surface area contributed by atoms with Crippen molar-refractivity contribution in [1.29, 1.82) is 0 Å². The largest absolute Gasteiger partial charge is 0.483 e. The Morgan fingerprint density at radius 1 is 1.25 bits per heavy atom. The molecule has 0 radical (unpaired) electrons. The summed E-state index contributed by atoms with van der Waals surface area (Å²) in [6.07, 6.45) is 0.420. The number of benzene rings is 1. The summed E-state index contributed by atoms with van der Waals surface area (Å²) in [5.41, 5.74) is 0.204. The first-order chi connectivity index (χ1) is 15.1. The van der Waals surface area contributed by atoms with Crippen LogP contribution in [0.5, 0.6) is 5.75 Å². The van der Waals surface area contributed by atoms with E-state index >= 15 is 0 Å². The number of hydrogen-bond acceptors (Lipinski definition) is 7. The average molecular weight is 470 g/mol. The highest BCUT2D eigenvalue weighted by Crippen LogP contribution is 2.37. The Labute approximate surface area is 188 Å². The van der Waals surface area contributed by atoms with E-state index in [0.29, 0.717) is 37.2 Å². The zero-order valence-corrected chi connectivity index (χ0v) is 18.9. The fraction of sp³-hybridized carbons (Fsp3) is 0.619. The van der Waals surface area contributed by atoms with Crippen LogP contribution in [0.1, 0.15) is 24.8 Å². The summed E-state index contributed by atoms with van der Waals surface area (Å²) in [5, 5.41) is 24.3. The lowest BCUT2D eigenvalue weighted by Gasteiger charge is -2.43. The summed E-state index contributed by atoms with van der Waals surface area (Å²) in [5.74, 6) is -0.114. The van der Waals surface area contributed by atoms with Crippen LogP contribution in [-0.4, -0.2) is 86.6 Å². The van der Waals surface area contributed by atoms with Gasteiger partial charge < -0.3 is 25.2 Å². The number of aliphatic hydroxyl groups is 2. The first-order valence-electron chi connectivity index (χ1n) is 10.6. The zero-order valence-electron chi connectivity index (χ0n) is 18.1. The maximum absolute atomic E-state index is 12.4. The molecule has 0 aromatic heterocycles. The molecule has 11 heteroatoms. The fourth-order valence-electron chi connectivity index (χ4n) is 4.22. The van der Waals surface area contributed by atoms with Gasteiger partial charge in [0.1, 0.15) is 5.75 Å². The third-order valence-corrected chi connectivity index (χ3v) is 6.84. The summed E-state index contributed by atoms with van der Waals surface area (Å²) < 4.78 is 30.3. The molecular formula is C21H31N3O7S. The van der Waals surface area contributed by atoms with E-state index in [1.165, 1.54) is 0 Å². The molecular weight excluding hydrogens is 438 g/mol. The highest BCUT2D eigenvalue weighted by atomic mass is 32.2. The summed E-state index contributed by atoms with van der Waals surface area (Å²) in [6.45, 7) is 0.545. The number of nitrogens with one attached hydrogen (secondary N) is 2. The Morgan fingerprint density at radius 3 is 2.62 bits per heavy atom. The van der Waals surface area contributed by atoms with Crippen LogP contribution in [0.25, 0.3) is 0 Å². The number of piperidine rings is 1. The van der Waals surface area contributed by atoms with Crippen LogP contribution in [0.15, 0.2) is 24.3 Å². The van der Waals surface area contributed by atoms with E-state index < -0.39 is 27.6 Å². The van der Waals surface area contributed by atoms with E-state index in [2.05, 4.69) is 10.0 Å². The third-order valence-electron chi connectivity index (χ3n) is 6.17. The van der Waals surface area contributed by atoms with E-state index in [-0.39, 0.29) is 44.4 Å². The number of rotatable bonds is 3. The molecule has 2 aliphatic heterocycles. The van der Waals surface area contributed by atoms with Crippen LogP contribution in [0.3, 0.4) is 0 Å². The number of carbonyl (C=O) groups is 2. The molecule has 0 saturated carbocycles. The number of sulfonamides is 1. The molecule has 1 saturated heterocycles. The second-order valence-electron chi connectivity index (χ2n) is 8.69. The van der Waals surface area contributed by atoms with Crippen molar-refractivity contribution in [3.05, 3.63) is 29.8 Å². The molecule has 2 heterocycles. The van der Waals surface area contributed by atoms with Crippen molar-refractivity contribution in [2.75, 3.05) is 39.0 Å². The normalized spacial score (nSPS) is 24.5. The Balaban J connectivity index is 1.69. The van der Waals surface area contributed by atoms with Gasteiger partial charge in [0.2, 0.25) is 15.9 Å². The van der Waals surface area contributed by atoms with Crippen LogP contribution in [-0.2, 0) is 26.0 Å². The predicted octanol–water partition coefficient (Wildman–Crippen LogP) is -0.992. The second-order valence-corrected chi connectivity index (χ2v) is 10.5. The number of para-hydroxylation sites is 1. The lowest BCUT2D eigenvalue weighted by atomic mass is 9.73. The van der Waals surface area contributed by atoms with Gasteiger partial charge in [0.05, 0.1) is 25.0 Å². The average Bonchev–Trinajstić information content (AvgIpc) is 2.75. The number of nitrogens with zero attached hydrogens (tertiary/aromatic N) is 1. The van der Waals surface area contributed by atoms with Crippen LogP contribution in [0.2, 0.25) is 0 Å². The number of hydrogen-bond donors (Lipinski definition) is 4. The number of aliphatic hydroxyl groups excluding tert-OH is 2. The molecule has 10 nitrogen and oxygen atoms in total. The van der Waals surface area contributed by atoms with Crippen molar-refractivity contribution in [1.82, 2.24) is 14.9 Å². The van der Waals surface area contributed by atoms with Gasteiger partial charge in [-0.05, 0) is 36.3 Å². The molecule has 3 rings (SSSR count). The molecule has 1 aromatic carbocycles. The summed E-state index contributed by atoms with van der Waals surface area (Å²) >= 11 is 0. The molecule has 0 aliphatic carbocycles. The predicted molar refractivity (Wildman–Crippen MR) is 116 cm³/mol.